The number of benzene rings is 1. The minimum absolute atomic E-state index is 0.0770. The molecule has 1 saturated heterocycles. The molecule has 6 heteroatoms. The van der Waals surface area contributed by atoms with Crippen LogP contribution in [0.2, 0.25) is 0 Å². The van der Waals surface area contributed by atoms with Crippen LogP contribution in [0.25, 0.3) is 0 Å². The lowest BCUT2D eigenvalue weighted by molar-refractivity contribution is -0.137. The summed E-state index contributed by atoms with van der Waals surface area (Å²) in [5.74, 6) is -0.800. The second-order valence-corrected chi connectivity index (χ2v) is 6.22. The monoisotopic (exact) mass is 305 g/mol. The lowest BCUT2D eigenvalue weighted by atomic mass is 9.90. The third-order valence-corrected chi connectivity index (χ3v) is 3.96. The van der Waals surface area contributed by atoms with E-state index in [-0.39, 0.29) is 12.5 Å². The fourth-order valence-corrected chi connectivity index (χ4v) is 2.72. The van der Waals surface area contributed by atoms with Gasteiger partial charge in [0.25, 0.3) is 0 Å². The van der Waals surface area contributed by atoms with Gasteiger partial charge in [0, 0.05) is 19.0 Å². The van der Waals surface area contributed by atoms with Gasteiger partial charge in [-0.3, -0.25) is 4.90 Å². The molecule has 1 atom stereocenters. The van der Waals surface area contributed by atoms with Crippen LogP contribution in [0.15, 0.2) is 18.2 Å². The number of halogens is 4. The molecule has 1 aliphatic rings. The summed E-state index contributed by atoms with van der Waals surface area (Å²) in [6.45, 7) is 5.00. The summed E-state index contributed by atoms with van der Waals surface area (Å²) in [6.07, 6.45) is -3.76. The van der Waals surface area contributed by atoms with E-state index in [1.165, 1.54) is 0 Å². The van der Waals surface area contributed by atoms with Gasteiger partial charge in [0.2, 0.25) is 0 Å². The maximum Gasteiger partial charge on any atom is 0.416 e. The molecule has 1 aromatic rings. The van der Waals surface area contributed by atoms with Gasteiger partial charge >= 0.3 is 6.18 Å². The fourth-order valence-electron chi connectivity index (χ4n) is 2.72. The third-order valence-electron chi connectivity index (χ3n) is 3.96. The summed E-state index contributed by atoms with van der Waals surface area (Å²) in [4.78, 5) is 1.94. The quantitative estimate of drug-likeness (QED) is 0.865. The summed E-state index contributed by atoms with van der Waals surface area (Å²) in [5, 5.41) is 9.96. The standard InChI is InChI=1S/C15H19F4NO/c1-14(2,21)11-3-4-20(9-11)8-10-5-12(15(17,18)19)7-13(16)6-10/h5-7,11,21H,3-4,8-9H2,1-2H3. The first-order valence-corrected chi connectivity index (χ1v) is 6.87. The number of rotatable bonds is 3. The minimum Gasteiger partial charge on any atom is -0.390 e. The Balaban J connectivity index is 2.09. The van der Waals surface area contributed by atoms with E-state index in [4.69, 9.17) is 0 Å². The van der Waals surface area contributed by atoms with E-state index >= 15 is 0 Å². The maximum atomic E-state index is 13.3. The fraction of sp³-hybridized carbons (Fsp3) is 0.600. The Labute approximate surface area is 121 Å². The number of likely N-dealkylation sites (tertiary alicyclic amines) is 1. The van der Waals surface area contributed by atoms with Crippen molar-refractivity contribution in [2.45, 2.75) is 38.6 Å². The van der Waals surface area contributed by atoms with Crippen LogP contribution >= 0.6 is 0 Å². The Hall–Kier alpha value is -1.14. The van der Waals surface area contributed by atoms with Crippen LogP contribution in [0.1, 0.15) is 31.4 Å². The van der Waals surface area contributed by atoms with E-state index in [9.17, 15) is 22.7 Å². The first-order valence-electron chi connectivity index (χ1n) is 6.87. The largest absolute Gasteiger partial charge is 0.416 e. The molecule has 0 aliphatic carbocycles. The SMILES string of the molecule is CC(C)(O)C1CCN(Cc2cc(F)cc(C(F)(F)F)c2)C1. The zero-order chi connectivity index (χ0) is 15.8. The summed E-state index contributed by atoms with van der Waals surface area (Å²) in [5.41, 5.74) is -1.47. The predicted molar refractivity (Wildman–Crippen MR) is 71.1 cm³/mol. The first kappa shape index (κ1) is 16.2. The van der Waals surface area contributed by atoms with Gasteiger partial charge < -0.3 is 5.11 Å². The Morgan fingerprint density at radius 3 is 2.43 bits per heavy atom. The molecule has 21 heavy (non-hydrogen) atoms. The summed E-state index contributed by atoms with van der Waals surface area (Å²) < 4.78 is 51.3. The Kier molecular flexibility index (Phi) is 4.31. The van der Waals surface area contributed by atoms with Crippen LogP contribution < -0.4 is 0 Å². The summed E-state index contributed by atoms with van der Waals surface area (Å²) >= 11 is 0. The molecule has 1 unspecified atom stereocenters. The number of alkyl halides is 3. The van der Waals surface area contributed by atoms with E-state index in [0.29, 0.717) is 24.7 Å². The van der Waals surface area contributed by atoms with Crippen molar-refractivity contribution < 1.29 is 22.7 Å². The van der Waals surface area contributed by atoms with E-state index in [2.05, 4.69) is 0 Å². The van der Waals surface area contributed by atoms with Crippen molar-refractivity contribution in [1.82, 2.24) is 4.90 Å². The second kappa shape index (κ2) is 5.57. The summed E-state index contributed by atoms with van der Waals surface area (Å²) in [7, 11) is 0. The average molecular weight is 305 g/mol. The van der Waals surface area contributed by atoms with Gasteiger partial charge in [-0.2, -0.15) is 13.2 Å². The van der Waals surface area contributed by atoms with Crippen LogP contribution in [-0.2, 0) is 12.7 Å². The van der Waals surface area contributed by atoms with Crippen LogP contribution in [0.3, 0.4) is 0 Å². The van der Waals surface area contributed by atoms with E-state index in [1.807, 2.05) is 4.90 Å². The molecule has 2 nitrogen and oxygen atoms in total. The number of aliphatic hydroxyl groups is 1. The molecule has 0 spiro atoms. The van der Waals surface area contributed by atoms with Crippen molar-refractivity contribution in [1.29, 1.82) is 0 Å². The van der Waals surface area contributed by atoms with Crippen molar-refractivity contribution in [3.63, 3.8) is 0 Å². The molecule has 0 saturated carbocycles. The van der Waals surface area contributed by atoms with Gasteiger partial charge in [0.05, 0.1) is 11.2 Å². The molecule has 2 rings (SSSR count). The van der Waals surface area contributed by atoms with Crippen molar-refractivity contribution in [2.75, 3.05) is 13.1 Å². The molecule has 1 aliphatic heterocycles. The smallest absolute Gasteiger partial charge is 0.390 e. The summed E-state index contributed by atoms with van der Waals surface area (Å²) in [6, 6.07) is 2.63. The molecule has 0 aromatic heterocycles. The van der Waals surface area contributed by atoms with Crippen LogP contribution in [0.4, 0.5) is 17.6 Å². The molecule has 0 radical (unpaired) electrons. The van der Waals surface area contributed by atoms with Gasteiger partial charge in [0.1, 0.15) is 5.82 Å². The van der Waals surface area contributed by atoms with Crippen LogP contribution in [0.5, 0.6) is 0 Å². The van der Waals surface area contributed by atoms with E-state index < -0.39 is 23.2 Å². The number of hydrogen-bond donors (Lipinski definition) is 1. The first-order chi connectivity index (χ1) is 9.55. The highest BCUT2D eigenvalue weighted by atomic mass is 19.4. The Bertz CT molecular complexity index is 507. The molecular weight excluding hydrogens is 286 g/mol. The van der Waals surface area contributed by atoms with Crippen molar-refractivity contribution in [3.05, 3.63) is 35.1 Å². The van der Waals surface area contributed by atoms with Gasteiger partial charge in [-0.05, 0) is 50.6 Å². The van der Waals surface area contributed by atoms with Gasteiger partial charge in [0.15, 0.2) is 0 Å². The molecular formula is C15H19F4NO. The molecule has 1 heterocycles. The zero-order valence-electron chi connectivity index (χ0n) is 12.0. The van der Waals surface area contributed by atoms with Crippen molar-refractivity contribution in [3.8, 4) is 0 Å². The minimum atomic E-state index is -4.54. The Morgan fingerprint density at radius 2 is 1.90 bits per heavy atom. The lowest BCUT2D eigenvalue weighted by Gasteiger charge is -2.25. The predicted octanol–water partition coefficient (Wildman–Crippen LogP) is 3.44. The van der Waals surface area contributed by atoms with E-state index in [0.717, 1.165) is 18.6 Å². The number of nitrogens with zero attached hydrogens (tertiary/aromatic N) is 1. The molecule has 0 amide bonds. The highest BCUT2D eigenvalue weighted by molar-refractivity contribution is 5.27. The van der Waals surface area contributed by atoms with Gasteiger partial charge in [-0.25, -0.2) is 4.39 Å². The molecule has 118 valence electrons. The van der Waals surface area contributed by atoms with Crippen molar-refractivity contribution in [2.24, 2.45) is 5.92 Å². The number of hydrogen-bond acceptors (Lipinski definition) is 2. The topological polar surface area (TPSA) is 23.5 Å². The molecule has 0 bridgehead atoms. The highest BCUT2D eigenvalue weighted by Gasteiger charge is 2.34. The molecule has 1 aromatic carbocycles. The third kappa shape index (κ3) is 4.17. The van der Waals surface area contributed by atoms with Crippen LogP contribution in [0, 0.1) is 11.7 Å². The zero-order valence-corrected chi connectivity index (χ0v) is 12.0. The van der Waals surface area contributed by atoms with E-state index in [1.54, 1.807) is 13.8 Å². The normalized spacial score (nSPS) is 21.0. The lowest BCUT2D eigenvalue weighted by Crippen LogP contribution is -2.33. The second-order valence-electron chi connectivity index (χ2n) is 6.22. The average Bonchev–Trinajstić information content (AvgIpc) is 2.75. The maximum absolute atomic E-state index is 13.3. The molecule has 1 fully saturated rings. The van der Waals surface area contributed by atoms with Crippen molar-refractivity contribution >= 4 is 0 Å². The van der Waals surface area contributed by atoms with Gasteiger partial charge in [-0.1, -0.05) is 0 Å². The molecule has 1 N–H and O–H groups in total. The highest BCUT2D eigenvalue weighted by Crippen LogP contribution is 2.32. The van der Waals surface area contributed by atoms with Crippen LogP contribution in [-0.4, -0.2) is 28.7 Å². The van der Waals surface area contributed by atoms with Gasteiger partial charge in [-0.15, -0.1) is 0 Å². The Morgan fingerprint density at radius 1 is 1.24 bits per heavy atom.